The molecule has 0 spiro atoms. The summed E-state index contributed by atoms with van der Waals surface area (Å²) in [5, 5.41) is 0. The van der Waals surface area contributed by atoms with Gasteiger partial charge in [0.2, 0.25) is 0 Å². The van der Waals surface area contributed by atoms with Gasteiger partial charge in [0.1, 0.15) is 0 Å². The molecule has 0 bridgehead atoms. The molecule has 0 aromatic carbocycles. The molecule has 192 valence electrons. The molecule has 0 aliphatic rings. The molecule has 0 saturated heterocycles. The Labute approximate surface area is 193 Å². The van der Waals surface area contributed by atoms with Crippen LogP contribution in [-0.4, -0.2) is 6.61 Å². The number of hydrogen-bond donors (Lipinski definition) is 3. The molecule has 1 atom stereocenters. The molecule has 0 heterocycles. The summed E-state index contributed by atoms with van der Waals surface area (Å²) < 4.78 is 29.1. The van der Waals surface area contributed by atoms with Crippen molar-refractivity contribution in [3.63, 3.8) is 0 Å². The summed E-state index contributed by atoms with van der Waals surface area (Å²) in [5.74, 6) is 0. The molecule has 0 aliphatic heterocycles. The molecular formula is C20H45N3O7P2. The zero-order valence-corrected chi connectivity index (χ0v) is 22.8. The Kier molecular flexibility index (Phi) is 23.5. The Hall–Kier alpha value is -0.900. The summed E-state index contributed by atoms with van der Waals surface area (Å²) >= 11 is 0. The van der Waals surface area contributed by atoms with Crippen LogP contribution in [0.1, 0.15) is 73.1 Å². The molecule has 0 rings (SSSR count). The third kappa shape index (κ3) is 25.4. The summed E-state index contributed by atoms with van der Waals surface area (Å²) in [5.41, 5.74) is 4.93. The normalized spacial score (nSPS) is 14.4. The fourth-order valence-electron chi connectivity index (χ4n) is 2.40. The van der Waals surface area contributed by atoms with Crippen LogP contribution in [0.15, 0.2) is 46.6 Å². The van der Waals surface area contributed by atoms with E-state index in [4.69, 9.17) is 0 Å². The summed E-state index contributed by atoms with van der Waals surface area (Å²) in [6.45, 7) is 9.89. The van der Waals surface area contributed by atoms with Crippen molar-refractivity contribution in [2.24, 2.45) is 0 Å². The van der Waals surface area contributed by atoms with Gasteiger partial charge in [0, 0.05) is 0 Å². The first-order valence-corrected chi connectivity index (χ1v) is 12.5. The van der Waals surface area contributed by atoms with Gasteiger partial charge in [-0.2, -0.15) is 0 Å². The maximum atomic E-state index is 11.1. The minimum atomic E-state index is -5.64. The predicted molar refractivity (Wildman–Crippen MR) is 129 cm³/mol. The third-order valence-electron chi connectivity index (χ3n) is 4.02. The highest BCUT2D eigenvalue weighted by molar-refractivity contribution is 7.58. The lowest BCUT2D eigenvalue weighted by atomic mass is 10.0. The number of phosphoric acid groups is 2. The number of rotatable bonds is 14. The number of phosphoric ester groups is 1. The predicted octanol–water partition coefficient (Wildman–Crippen LogP) is 5.59. The lowest BCUT2D eigenvalue weighted by molar-refractivity contribution is -0.339. The summed E-state index contributed by atoms with van der Waals surface area (Å²) in [6.07, 6.45) is 13.9. The highest BCUT2D eigenvalue weighted by atomic mass is 31.3. The van der Waals surface area contributed by atoms with E-state index in [2.05, 4.69) is 54.8 Å². The SMILES string of the molecule is CC(C)=CCCC(C)=CCCC(C)=CCCC(C)=CCOP(=O)([O-])OP(=O)([O-])[O-].[NH4+].[NH4+].[NH4+]. The summed E-state index contributed by atoms with van der Waals surface area (Å²) in [4.78, 5) is 31.7. The van der Waals surface area contributed by atoms with Gasteiger partial charge >= 0.3 is 0 Å². The van der Waals surface area contributed by atoms with E-state index in [0.29, 0.717) is 6.42 Å². The molecule has 10 nitrogen and oxygen atoms in total. The molecule has 0 fully saturated rings. The second-order valence-corrected chi connectivity index (χ2v) is 10.0. The van der Waals surface area contributed by atoms with Crippen LogP contribution in [0.3, 0.4) is 0 Å². The lowest BCUT2D eigenvalue weighted by Crippen LogP contribution is -2.19. The van der Waals surface area contributed by atoms with Crippen molar-refractivity contribution in [1.29, 1.82) is 0 Å². The van der Waals surface area contributed by atoms with Gasteiger partial charge in [-0.15, -0.1) is 0 Å². The minimum absolute atomic E-state index is 0. The Balaban J connectivity index is -0.00000131. The summed E-state index contributed by atoms with van der Waals surface area (Å²) in [6, 6.07) is 0. The van der Waals surface area contributed by atoms with Gasteiger partial charge in [0.25, 0.3) is 7.82 Å². The molecule has 32 heavy (non-hydrogen) atoms. The average molecular weight is 502 g/mol. The second kappa shape index (κ2) is 19.6. The zero-order valence-electron chi connectivity index (χ0n) is 21.0. The van der Waals surface area contributed by atoms with Crippen molar-refractivity contribution in [3.05, 3.63) is 46.6 Å². The average Bonchev–Trinajstić information content (AvgIpc) is 2.51. The summed E-state index contributed by atoms with van der Waals surface area (Å²) in [7, 11) is -10.8. The maximum absolute atomic E-state index is 11.1. The number of quaternary nitrogens is 3. The Morgan fingerprint density at radius 3 is 1.44 bits per heavy atom. The Bertz CT molecular complexity index is 725. The van der Waals surface area contributed by atoms with E-state index in [1.807, 2.05) is 6.92 Å². The minimum Gasteiger partial charge on any atom is -0.790 e. The van der Waals surface area contributed by atoms with Crippen molar-refractivity contribution >= 4 is 15.6 Å². The van der Waals surface area contributed by atoms with Crippen LogP contribution in [0.4, 0.5) is 0 Å². The van der Waals surface area contributed by atoms with Crippen molar-refractivity contribution in [2.45, 2.75) is 73.1 Å². The van der Waals surface area contributed by atoms with Gasteiger partial charge in [-0.1, -0.05) is 46.6 Å². The lowest BCUT2D eigenvalue weighted by Gasteiger charge is -2.34. The van der Waals surface area contributed by atoms with E-state index in [-0.39, 0.29) is 25.1 Å². The van der Waals surface area contributed by atoms with Crippen LogP contribution in [-0.2, 0) is 18.0 Å². The first kappa shape index (κ1) is 38.4. The molecule has 0 saturated carbocycles. The molecule has 0 aromatic rings. The fourth-order valence-corrected chi connectivity index (χ4v) is 3.83. The van der Waals surface area contributed by atoms with E-state index in [1.165, 1.54) is 22.8 Å². The van der Waals surface area contributed by atoms with Crippen molar-refractivity contribution < 1.29 is 32.6 Å². The van der Waals surface area contributed by atoms with E-state index < -0.39 is 15.6 Å². The van der Waals surface area contributed by atoms with Crippen LogP contribution in [0.2, 0.25) is 0 Å². The van der Waals surface area contributed by atoms with Crippen molar-refractivity contribution in [1.82, 2.24) is 18.5 Å². The molecule has 12 heteroatoms. The second-order valence-electron chi connectivity index (χ2n) is 7.32. The first-order chi connectivity index (χ1) is 13.3. The van der Waals surface area contributed by atoms with Crippen LogP contribution in [0.25, 0.3) is 0 Å². The molecule has 1 unspecified atom stereocenters. The highest BCUT2D eigenvalue weighted by Crippen LogP contribution is 2.50. The van der Waals surface area contributed by atoms with E-state index in [0.717, 1.165) is 37.7 Å². The van der Waals surface area contributed by atoms with Gasteiger partial charge in [-0.3, -0.25) is 8.88 Å². The molecule has 0 aromatic heterocycles. The van der Waals surface area contributed by atoms with Crippen molar-refractivity contribution in [3.8, 4) is 0 Å². The molecule has 0 aliphatic carbocycles. The van der Waals surface area contributed by atoms with Crippen LogP contribution < -0.4 is 33.1 Å². The Morgan fingerprint density at radius 1 is 0.688 bits per heavy atom. The highest BCUT2D eigenvalue weighted by Gasteiger charge is 2.10. The van der Waals surface area contributed by atoms with E-state index in [1.54, 1.807) is 0 Å². The van der Waals surface area contributed by atoms with Crippen LogP contribution in [0, 0.1) is 0 Å². The van der Waals surface area contributed by atoms with Gasteiger partial charge in [-0.25, -0.2) is 0 Å². The fraction of sp³-hybridized carbons (Fsp3) is 0.600. The van der Waals surface area contributed by atoms with Gasteiger partial charge in [0.05, 0.1) is 14.4 Å². The standard InChI is InChI=1S/C20H36O7P2.3H3N/c1-17(2)9-6-10-18(3)11-7-12-19(4)13-8-14-20(5)15-16-26-29(24,25)27-28(21,22)23;;;/h9,11,13,15H,6-8,10,12,14,16H2,1-5H3,(H,24,25)(H2,21,22,23);3*1H3. The molecule has 12 N–H and O–H groups in total. The smallest absolute Gasteiger partial charge is 0.272 e. The zero-order chi connectivity index (χ0) is 22.5. The monoisotopic (exact) mass is 501 g/mol. The van der Waals surface area contributed by atoms with E-state index in [9.17, 15) is 23.8 Å². The quantitative estimate of drug-likeness (QED) is 0.201. The van der Waals surface area contributed by atoms with E-state index >= 15 is 0 Å². The first-order valence-electron chi connectivity index (χ1n) is 9.60. The van der Waals surface area contributed by atoms with Gasteiger partial charge < -0.3 is 42.2 Å². The Morgan fingerprint density at radius 2 is 1.06 bits per heavy atom. The molecule has 0 amide bonds. The van der Waals surface area contributed by atoms with Crippen LogP contribution in [0.5, 0.6) is 0 Å². The molecule has 0 radical (unpaired) electrons. The maximum Gasteiger partial charge on any atom is 0.272 e. The third-order valence-corrected chi connectivity index (χ3v) is 6.08. The largest absolute Gasteiger partial charge is 0.790 e. The number of hydrogen-bond acceptors (Lipinski definition) is 7. The van der Waals surface area contributed by atoms with Gasteiger partial charge in [-0.05, 0) is 73.1 Å². The van der Waals surface area contributed by atoms with Gasteiger partial charge in [0.15, 0.2) is 0 Å². The van der Waals surface area contributed by atoms with Crippen LogP contribution >= 0.6 is 15.6 Å². The topological polar surface area (TPSA) is 231 Å². The number of allylic oxidation sites excluding steroid dienone is 7. The van der Waals surface area contributed by atoms with Crippen molar-refractivity contribution in [2.75, 3.05) is 6.61 Å². The molecular weight excluding hydrogens is 456 g/mol.